The number of fused-ring (bicyclic) bond motifs is 8. The first-order chi connectivity index (χ1) is 24.6. The van der Waals surface area contributed by atoms with Crippen LogP contribution in [-0.2, 0) is 4.79 Å². The molecule has 0 spiro atoms. The summed E-state index contributed by atoms with van der Waals surface area (Å²) in [5.41, 5.74) is 15.1. The standard InChI is InChI=1S/C49H34O/c1-27-25-37-40(31-15-5-3-6-16-31)42-33-19-11-9-13-29(33)21-23-35(42)46-44(37)48-39(27)28(2)26-38-41(32-17-7-4-8-18-32)43-34-20-12-10-14-30(34)22-24-36(43)47(45(38)48)49(46)50/h3-26,40-41,46-47H,1-2H3. The Morgan fingerprint density at radius 1 is 0.380 bits per heavy atom. The number of hydrogen-bond donors (Lipinski definition) is 0. The highest BCUT2D eigenvalue weighted by Gasteiger charge is 2.50. The lowest BCUT2D eigenvalue weighted by atomic mass is 9.56. The Balaban J connectivity index is 1.34. The lowest BCUT2D eigenvalue weighted by Crippen LogP contribution is -2.36. The van der Waals surface area contributed by atoms with E-state index < -0.39 is 0 Å². The Morgan fingerprint density at radius 2 is 0.800 bits per heavy atom. The van der Waals surface area contributed by atoms with Crippen LogP contribution in [0.15, 0.2) is 146 Å². The fraction of sp³-hybridized carbons (Fsp3) is 0.122. The van der Waals surface area contributed by atoms with E-state index in [2.05, 4.69) is 159 Å². The van der Waals surface area contributed by atoms with E-state index in [1.807, 2.05) is 0 Å². The quantitative estimate of drug-likeness (QED) is 0.184. The van der Waals surface area contributed by atoms with E-state index >= 15 is 4.79 Å². The molecule has 0 heterocycles. The summed E-state index contributed by atoms with van der Waals surface area (Å²) in [5, 5.41) is 7.56. The second-order valence-electron chi connectivity index (χ2n) is 14.7. The Kier molecular flexibility index (Phi) is 5.69. The van der Waals surface area contributed by atoms with Crippen LogP contribution in [0.3, 0.4) is 0 Å². The fourth-order valence-corrected chi connectivity index (χ4v) is 10.4. The van der Waals surface area contributed by atoms with Crippen LogP contribution >= 0.6 is 0 Å². The molecule has 0 bridgehead atoms. The van der Waals surface area contributed by atoms with Crippen molar-refractivity contribution in [2.24, 2.45) is 0 Å². The van der Waals surface area contributed by atoms with Crippen LogP contribution < -0.4 is 0 Å². The van der Waals surface area contributed by atoms with Gasteiger partial charge in [-0.25, -0.2) is 0 Å². The molecule has 3 aliphatic carbocycles. The molecule has 4 unspecified atom stereocenters. The van der Waals surface area contributed by atoms with Crippen molar-refractivity contribution in [3.05, 3.63) is 212 Å². The molecule has 4 atom stereocenters. The molecular weight excluding hydrogens is 605 g/mol. The fourth-order valence-electron chi connectivity index (χ4n) is 10.4. The highest BCUT2D eigenvalue weighted by atomic mass is 16.1. The van der Waals surface area contributed by atoms with Gasteiger partial charge in [-0.1, -0.05) is 146 Å². The predicted molar refractivity (Wildman–Crippen MR) is 205 cm³/mol. The van der Waals surface area contributed by atoms with E-state index in [1.54, 1.807) is 0 Å². The maximum Gasteiger partial charge on any atom is 0.156 e. The van der Waals surface area contributed by atoms with Gasteiger partial charge in [-0.3, -0.25) is 4.79 Å². The van der Waals surface area contributed by atoms with Crippen LogP contribution in [0.2, 0.25) is 0 Å². The molecule has 0 amide bonds. The Labute approximate surface area is 291 Å². The third kappa shape index (κ3) is 3.54. The summed E-state index contributed by atoms with van der Waals surface area (Å²) in [6, 6.07) is 53.3. The molecule has 1 nitrogen and oxygen atoms in total. The summed E-state index contributed by atoms with van der Waals surface area (Å²) in [5.74, 6) is -0.325. The van der Waals surface area contributed by atoms with Gasteiger partial charge in [-0.05, 0) is 113 Å². The van der Waals surface area contributed by atoms with Crippen molar-refractivity contribution in [2.45, 2.75) is 37.5 Å². The van der Waals surface area contributed by atoms with Crippen molar-refractivity contribution in [2.75, 3.05) is 0 Å². The zero-order chi connectivity index (χ0) is 33.2. The van der Waals surface area contributed by atoms with Crippen LogP contribution in [0.25, 0.3) is 32.3 Å². The minimum atomic E-state index is -0.340. The Hall–Kier alpha value is -5.79. The molecule has 50 heavy (non-hydrogen) atoms. The molecule has 11 rings (SSSR count). The summed E-state index contributed by atoms with van der Waals surface area (Å²) in [4.78, 5) is 15.8. The van der Waals surface area contributed by atoms with Crippen LogP contribution in [0.5, 0.6) is 0 Å². The van der Waals surface area contributed by atoms with Gasteiger partial charge in [0.1, 0.15) is 0 Å². The summed E-state index contributed by atoms with van der Waals surface area (Å²) in [6.45, 7) is 4.57. The number of carbonyl (C=O) groups excluding carboxylic acids is 1. The predicted octanol–water partition coefficient (Wildman–Crippen LogP) is 11.6. The van der Waals surface area contributed by atoms with Crippen molar-refractivity contribution in [3.8, 4) is 0 Å². The molecule has 8 aromatic rings. The van der Waals surface area contributed by atoms with Gasteiger partial charge in [-0.2, -0.15) is 0 Å². The van der Waals surface area contributed by atoms with E-state index in [9.17, 15) is 0 Å². The largest absolute Gasteiger partial charge is 0.298 e. The second-order valence-corrected chi connectivity index (χ2v) is 14.7. The van der Waals surface area contributed by atoms with Gasteiger partial charge in [0.15, 0.2) is 5.78 Å². The van der Waals surface area contributed by atoms with Gasteiger partial charge in [0.2, 0.25) is 0 Å². The molecule has 0 aromatic heterocycles. The highest BCUT2D eigenvalue weighted by Crippen LogP contribution is 2.61. The topological polar surface area (TPSA) is 17.1 Å². The average Bonchev–Trinajstić information content (AvgIpc) is 3.16. The van der Waals surface area contributed by atoms with E-state index in [1.165, 1.54) is 99.1 Å². The van der Waals surface area contributed by atoms with Crippen molar-refractivity contribution in [3.63, 3.8) is 0 Å². The molecule has 0 saturated carbocycles. The molecule has 3 aliphatic rings. The van der Waals surface area contributed by atoms with Gasteiger partial charge in [0.25, 0.3) is 0 Å². The van der Waals surface area contributed by atoms with E-state index in [-0.39, 0.29) is 23.7 Å². The first-order valence-corrected chi connectivity index (χ1v) is 17.9. The minimum absolute atomic E-state index is 0.0249. The SMILES string of the molecule is Cc1cc2c3c4c5c(cc(C)c14)C(c1ccccc1)c1c(ccc4ccccc14)C5C(=O)C3c1ccc3ccccc3c1C2c1ccccc1. The molecule has 0 radical (unpaired) electrons. The number of rotatable bonds is 2. The Bertz CT molecular complexity index is 2570. The summed E-state index contributed by atoms with van der Waals surface area (Å²) < 4.78 is 0. The minimum Gasteiger partial charge on any atom is -0.298 e. The Morgan fingerprint density at radius 3 is 1.26 bits per heavy atom. The van der Waals surface area contributed by atoms with Gasteiger partial charge in [0.05, 0.1) is 11.8 Å². The van der Waals surface area contributed by atoms with E-state index in [0.717, 1.165) is 0 Å². The monoisotopic (exact) mass is 638 g/mol. The number of benzene rings is 8. The summed E-state index contributed by atoms with van der Waals surface area (Å²) in [7, 11) is 0. The van der Waals surface area contributed by atoms with Crippen molar-refractivity contribution in [1.29, 1.82) is 0 Å². The molecule has 1 heteroatoms. The first-order valence-electron chi connectivity index (χ1n) is 17.9. The van der Waals surface area contributed by atoms with Gasteiger partial charge < -0.3 is 0 Å². The van der Waals surface area contributed by atoms with Crippen LogP contribution in [-0.4, -0.2) is 5.78 Å². The van der Waals surface area contributed by atoms with Crippen LogP contribution in [0, 0.1) is 13.8 Å². The summed E-state index contributed by atoms with van der Waals surface area (Å²) in [6.07, 6.45) is 0. The molecule has 0 fully saturated rings. The lowest BCUT2D eigenvalue weighted by molar-refractivity contribution is -0.120. The first kappa shape index (κ1) is 28.1. The van der Waals surface area contributed by atoms with E-state index in [0.29, 0.717) is 5.78 Å². The molecular formula is C49H34O. The third-order valence-corrected chi connectivity index (χ3v) is 12.2. The van der Waals surface area contributed by atoms with Crippen molar-refractivity contribution in [1.82, 2.24) is 0 Å². The number of aryl methyl sites for hydroxylation is 2. The van der Waals surface area contributed by atoms with E-state index in [4.69, 9.17) is 0 Å². The molecule has 236 valence electrons. The number of Topliss-reactive ketones (excluding diaryl/α,β-unsaturated/α-hetero) is 1. The molecule has 0 saturated heterocycles. The number of carbonyl (C=O) groups is 1. The number of hydrogen-bond acceptors (Lipinski definition) is 1. The highest BCUT2D eigenvalue weighted by molar-refractivity contribution is 6.14. The number of ketones is 1. The third-order valence-electron chi connectivity index (χ3n) is 12.2. The maximum absolute atomic E-state index is 15.8. The maximum atomic E-state index is 15.8. The smallest absolute Gasteiger partial charge is 0.156 e. The second kappa shape index (κ2) is 10.1. The normalized spacial score (nSPS) is 19.8. The lowest BCUT2D eigenvalue weighted by Gasteiger charge is -2.45. The van der Waals surface area contributed by atoms with Gasteiger partial charge in [-0.15, -0.1) is 0 Å². The van der Waals surface area contributed by atoms with Gasteiger partial charge >= 0.3 is 0 Å². The van der Waals surface area contributed by atoms with Crippen LogP contribution in [0.1, 0.15) is 90.4 Å². The summed E-state index contributed by atoms with van der Waals surface area (Å²) >= 11 is 0. The average molecular weight is 639 g/mol. The molecule has 8 aromatic carbocycles. The zero-order valence-electron chi connectivity index (χ0n) is 28.1. The van der Waals surface area contributed by atoms with Crippen LogP contribution in [0.4, 0.5) is 0 Å². The van der Waals surface area contributed by atoms with Gasteiger partial charge in [0, 0.05) is 11.8 Å². The van der Waals surface area contributed by atoms with Crippen molar-refractivity contribution < 1.29 is 4.79 Å². The molecule has 0 N–H and O–H groups in total. The van der Waals surface area contributed by atoms with Crippen molar-refractivity contribution >= 4 is 38.1 Å². The zero-order valence-corrected chi connectivity index (χ0v) is 28.1. The molecule has 0 aliphatic heterocycles.